The van der Waals surface area contributed by atoms with Gasteiger partial charge in [0, 0.05) is 11.6 Å². The molecule has 3 rings (SSSR count). The van der Waals surface area contributed by atoms with E-state index in [-0.39, 0.29) is 28.6 Å². The first kappa shape index (κ1) is 17.2. The summed E-state index contributed by atoms with van der Waals surface area (Å²) in [4.78, 5) is 26.4. The lowest BCUT2D eigenvalue weighted by atomic mass is 10.1. The molecule has 0 spiro atoms. The van der Waals surface area contributed by atoms with Gasteiger partial charge in [-0.25, -0.2) is 9.79 Å². The minimum Gasteiger partial charge on any atom is -0.435 e. The molecule has 2 aromatic carbocycles. The van der Waals surface area contributed by atoms with E-state index in [0.29, 0.717) is 5.56 Å². The number of halogens is 2. The molecule has 7 nitrogen and oxygen atoms in total. The van der Waals surface area contributed by atoms with Crippen molar-refractivity contribution in [3.05, 3.63) is 75.5 Å². The second kappa shape index (κ2) is 7.09. The van der Waals surface area contributed by atoms with Gasteiger partial charge in [-0.3, -0.25) is 10.1 Å². The summed E-state index contributed by atoms with van der Waals surface area (Å²) in [5.74, 6) is -0.862. The molecule has 0 aliphatic carbocycles. The van der Waals surface area contributed by atoms with Crippen molar-refractivity contribution in [3.63, 3.8) is 0 Å². The Morgan fingerprint density at radius 3 is 2.50 bits per heavy atom. The molecule has 0 unspecified atom stereocenters. The first-order valence-corrected chi connectivity index (χ1v) is 7.25. The van der Waals surface area contributed by atoms with Crippen LogP contribution in [0, 0.1) is 10.1 Å². The standard InChI is InChI=1S/C17H10F2N2O5/c18-17(19)25-12-7-5-10(6-8-12)15-20-13(16(22)26-15)9-11-3-1-2-4-14(11)21(23)24/h1-9,17H/b13-9-. The van der Waals surface area contributed by atoms with Crippen LogP contribution in [0.2, 0.25) is 0 Å². The normalized spacial score (nSPS) is 15.1. The lowest BCUT2D eigenvalue weighted by molar-refractivity contribution is -0.385. The molecule has 0 atom stereocenters. The van der Waals surface area contributed by atoms with Gasteiger partial charge in [0.1, 0.15) is 5.75 Å². The maximum absolute atomic E-state index is 12.2. The van der Waals surface area contributed by atoms with Crippen LogP contribution in [0.3, 0.4) is 0 Å². The molecule has 0 radical (unpaired) electrons. The monoisotopic (exact) mass is 360 g/mol. The molecular formula is C17H10F2N2O5. The fourth-order valence-corrected chi connectivity index (χ4v) is 2.23. The van der Waals surface area contributed by atoms with Crippen molar-refractivity contribution in [1.82, 2.24) is 0 Å². The van der Waals surface area contributed by atoms with Crippen molar-refractivity contribution in [2.24, 2.45) is 4.99 Å². The highest BCUT2D eigenvalue weighted by molar-refractivity contribution is 6.13. The van der Waals surface area contributed by atoms with Gasteiger partial charge in [0.25, 0.3) is 5.69 Å². The third kappa shape index (κ3) is 3.72. The van der Waals surface area contributed by atoms with E-state index in [0.717, 1.165) is 0 Å². The number of cyclic esters (lactones) is 1. The number of benzene rings is 2. The minimum absolute atomic E-state index is 0.0385. The quantitative estimate of drug-likeness (QED) is 0.352. The number of rotatable bonds is 5. The van der Waals surface area contributed by atoms with E-state index in [4.69, 9.17) is 4.74 Å². The van der Waals surface area contributed by atoms with Gasteiger partial charge in [0.05, 0.1) is 10.5 Å². The van der Waals surface area contributed by atoms with E-state index in [1.54, 1.807) is 6.07 Å². The molecular weight excluding hydrogens is 350 g/mol. The maximum Gasteiger partial charge on any atom is 0.387 e. The van der Waals surface area contributed by atoms with Crippen LogP contribution in [0.5, 0.6) is 5.75 Å². The Balaban J connectivity index is 1.89. The zero-order chi connectivity index (χ0) is 18.7. The van der Waals surface area contributed by atoms with E-state index in [1.165, 1.54) is 48.5 Å². The first-order valence-electron chi connectivity index (χ1n) is 7.25. The Bertz CT molecular complexity index is 923. The molecule has 9 heteroatoms. The molecule has 26 heavy (non-hydrogen) atoms. The Morgan fingerprint density at radius 2 is 1.85 bits per heavy atom. The van der Waals surface area contributed by atoms with Crippen molar-refractivity contribution in [1.29, 1.82) is 0 Å². The van der Waals surface area contributed by atoms with Crippen LogP contribution < -0.4 is 4.74 Å². The highest BCUT2D eigenvalue weighted by atomic mass is 19.3. The van der Waals surface area contributed by atoms with E-state index in [9.17, 15) is 23.7 Å². The molecule has 1 aliphatic rings. The summed E-state index contributed by atoms with van der Waals surface area (Å²) < 4.78 is 33.6. The molecule has 0 saturated carbocycles. The Hall–Kier alpha value is -3.62. The molecule has 1 aliphatic heterocycles. The zero-order valence-electron chi connectivity index (χ0n) is 13.0. The number of para-hydroxylation sites is 1. The van der Waals surface area contributed by atoms with E-state index in [2.05, 4.69) is 9.73 Å². The van der Waals surface area contributed by atoms with Crippen molar-refractivity contribution >= 4 is 23.6 Å². The van der Waals surface area contributed by atoms with E-state index < -0.39 is 17.5 Å². The fourth-order valence-electron chi connectivity index (χ4n) is 2.23. The number of ether oxygens (including phenoxy) is 2. The molecule has 0 bridgehead atoms. The summed E-state index contributed by atoms with van der Waals surface area (Å²) in [6.07, 6.45) is 1.25. The van der Waals surface area contributed by atoms with Crippen LogP contribution in [0.4, 0.5) is 14.5 Å². The number of esters is 1. The lowest BCUT2D eigenvalue weighted by Gasteiger charge is -2.04. The van der Waals surface area contributed by atoms with Gasteiger partial charge < -0.3 is 9.47 Å². The summed E-state index contributed by atoms with van der Waals surface area (Å²) in [7, 11) is 0. The third-order valence-electron chi connectivity index (χ3n) is 3.37. The van der Waals surface area contributed by atoms with Gasteiger partial charge in [0.15, 0.2) is 5.70 Å². The van der Waals surface area contributed by atoms with Gasteiger partial charge in [-0.1, -0.05) is 12.1 Å². The number of hydrogen-bond acceptors (Lipinski definition) is 6. The van der Waals surface area contributed by atoms with Gasteiger partial charge in [-0.05, 0) is 36.4 Å². The molecule has 0 amide bonds. The highest BCUT2D eigenvalue weighted by Gasteiger charge is 2.25. The van der Waals surface area contributed by atoms with Crippen molar-refractivity contribution in [2.45, 2.75) is 6.61 Å². The first-order chi connectivity index (χ1) is 12.4. The predicted molar refractivity (Wildman–Crippen MR) is 86.8 cm³/mol. The number of carbonyl (C=O) groups excluding carboxylic acids is 1. The summed E-state index contributed by atoms with van der Waals surface area (Å²) in [6, 6.07) is 11.2. The molecule has 0 N–H and O–H groups in total. The largest absolute Gasteiger partial charge is 0.435 e. The number of nitro groups is 1. The summed E-state index contributed by atoms with van der Waals surface area (Å²) in [6.45, 7) is -2.95. The SMILES string of the molecule is O=C1OC(c2ccc(OC(F)F)cc2)=N/C1=C\c1ccccc1[N+](=O)[O-]. The number of hydrogen-bond donors (Lipinski definition) is 0. The van der Waals surface area contributed by atoms with Gasteiger partial charge in [-0.2, -0.15) is 8.78 Å². The van der Waals surface area contributed by atoms with Gasteiger partial charge in [0.2, 0.25) is 5.90 Å². The predicted octanol–water partition coefficient (Wildman–Crippen LogP) is 3.54. The fraction of sp³-hybridized carbons (Fsp3) is 0.0588. The molecule has 0 fully saturated rings. The smallest absolute Gasteiger partial charge is 0.387 e. The summed E-state index contributed by atoms with van der Waals surface area (Å²) in [5, 5.41) is 11.0. The topological polar surface area (TPSA) is 91.0 Å². The second-order valence-corrected chi connectivity index (χ2v) is 5.05. The van der Waals surface area contributed by atoms with Gasteiger partial charge in [-0.15, -0.1) is 0 Å². The summed E-state index contributed by atoms with van der Waals surface area (Å²) in [5.41, 5.74) is 0.285. The number of carbonyl (C=O) groups is 1. The van der Waals surface area contributed by atoms with Crippen LogP contribution in [0.25, 0.3) is 6.08 Å². The lowest BCUT2D eigenvalue weighted by Crippen LogP contribution is -2.06. The minimum atomic E-state index is -2.95. The van der Waals surface area contributed by atoms with Crippen molar-refractivity contribution in [3.8, 4) is 5.75 Å². The van der Waals surface area contributed by atoms with E-state index in [1.807, 2.05) is 0 Å². The Morgan fingerprint density at radius 1 is 1.15 bits per heavy atom. The van der Waals surface area contributed by atoms with Crippen LogP contribution in [-0.4, -0.2) is 23.4 Å². The van der Waals surface area contributed by atoms with Crippen LogP contribution >= 0.6 is 0 Å². The van der Waals surface area contributed by atoms with Gasteiger partial charge >= 0.3 is 12.6 Å². The van der Waals surface area contributed by atoms with E-state index >= 15 is 0 Å². The molecule has 132 valence electrons. The van der Waals surface area contributed by atoms with Crippen molar-refractivity contribution in [2.75, 3.05) is 0 Å². The summed E-state index contributed by atoms with van der Waals surface area (Å²) >= 11 is 0. The highest BCUT2D eigenvalue weighted by Crippen LogP contribution is 2.25. The Kier molecular flexibility index (Phi) is 4.70. The van der Waals surface area contributed by atoms with Crippen LogP contribution in [0.1, 0.15) is 11.1 Å². The average molecular weight is 360 g/mol. The zero-order valence-corrected chi connectivity index (χ0v) is 13.0. The number of aliphatic imine (C=N–C) groups is 1. The number of nitro benzene ring substituents is 1. The molecule has 2 aromatic rings. The molecule has 1 heterocycles. The maximum atomic E-state index is 12.2. The molecule has 0 aromatic heterocycles. The Labute approximate surface area is 145 Å². The molecule has 0 saturated heterocycles. The van der Waals surface area contributed by atoms with Crippen molar-refractivity contribution < 1.29 is 28.0 Å². The van der Waals surface area contributed by atoms with Crippen LogP contribution in [0.15, 0.2) is 59.2 Å². The third-order valence-corrected chi connectivity index (χ3v) is 3.37. The number of alkyl halides is 2. The van der Waals surface area contributed by atoms with Crippen LogP contribution in [-0.2, 0) is 9.53 Å². The number of nitrogens with zero attached hydrogens (tertiary/aromatic N) is 2. The average Bonchev–Trinajstić information content (AvgIpc) is 2.96. The second-order valence-electron chi connectivity index (χ2n) is 5.05.